The monoisotopic (exact) mass is 401 g/mol. The van der Waals surface area contributed by atoms with Gasteiger partial charge >= 0.3 is 6.09 Å². The Morgan fingerprint density at radius 2 is 1.72 bits per heavy atom. The fourth-order valence-electron chi connectivity index (χ4n) is 2.91. The van der Waals surface area contributed by atoms with Crippen LogP contribution in [0.3, 0.4) is 0 Å². The van der Waals surface area contributed by atoms with E-state index in [-0.39, 0.29) is 18.4 Å². The van der Waals surface area contributed by atoms with Crippen LogP contribution in [0.25, 0.3) is 0 Å². The predicted molar refractivity (Wildman–Crippen MR) is 110 cm³/mol. The number of benzene rings is 1. The summed E-state index contributed by atoms with van der Waals surface area (Å²) in [5.74, 6) is 1.32. The maximum Gasteiger partial charge on any atom is 0.408 e. The van der Waals surface area contributed by atoms with Crippen LogP contribution in [-0.2, 0) is 28.7 Å². The Hall–Kier alpha value is -2.90. The van der Waals surface area contributed by atoms with Crippen LogP contribution in [0.15, 0.2) is 30.3 Å². The predicted octanol–water partition coefficient (Wildman–Crippen LogP) is 2.99. The van der Waals surface area contributed by atoms with E-state index < -0.39 is 17.2 Å². The van der Waals surface area contributed by atoms with Crippen molar-refractivity contribution >= 4 is 12.0 Å². The topological polar surface area (TPSA) is 98.1 Å². The number of hydrogen-bond acceptors (Lipinski definition) is 5. The Balaban J connectivity index is 2.22. The molecule has 8 heteroatoms. The first-order valence-corrected chi connectivity index (χ1v) is 9.67. The summed E-state index contributed by atoms with van der Waals surface area (Å²) in [7, 11) is 1.87. The number of hydrogen-bond donors (Lipinski definition) is 2. The van der Waals surface area contributed by atoms with Crippen LogP contribution >= 0.6 is 0 Å². The summed E-state index contributed by atoms with van der Waals surface area (Å²) >= 11 is 0. The SMILES string of the molecule is CC(C)c1nnc(CNC(=O)C(C)(NC(=O)OC(C)(C)C)c2ccccc2)n1C. The number of aromatic nitrogens is 3. The molecule has 0 aliphatic carbocycles. The van der Waals surface area contributed by atoms with Gasteiger partial charge < -0.3 is 19.9 Å². The van der Waals surface area contributed by atoms with Crippen LogP contribution in [-0.4, -0.2) is 32.4 Å². The quantitative estimate of drug-likeness (QED) is 0.775. The summed E-state index contributed by atoms with van der Waals surface area (Å²) in [5, 5.41) is 13.9. The van der Waals surface area contributed by atoms with Crippen molar-refractivity contribution in [1.82, 2.24) is 25.4 Å². The van der Waals surface area contributed by atoms with Gasteiger partial charge in [-0.05, 0) is 33.3 Å². The van der Waals surface area contributed by atoms with Crippen molar-refractivity contribution in [3.8, 4) is 0 Å². The fourth-order valence-corrected chi connectivity index (χ4v) is 2.91. The second-order valence-electron chi connectivity index (χ2n) is 8.49. The zero-order valence-electron chi connectivity index (χ0n) is 18.2. The van der Waals surface area contributed by atoms with Crippen molar-refractivity contribution in [2.75, 3.05) is 0 Å². The summed E-state index contributed by atoms with van der Waals surface area (Å²) < 4.78 is 7.23. The molecule has 0 radical (unpaired) electrons. The highest BCUT2D eigenvalue weighted by Crippen LogP contribution is 2.22. The van der Waals surface area contributed by atoms with Crippen molar-refractivity contribution in [1.29, 1.82) is 0 Å². The molecule has 1 unspecified atom stereocenters. The summed E-state index contributed by atoms with van der Waals surface area (Å²) in [6.45, 7) is 11.2. The van der Waals surface area contributed by atoms with E-state index in [9.17, 15) is 9.59 Å². The molecule has 29 heavy (non-hydrogen) atoms. The van der Waals surface area contributed by atoms with Gasteiger partial charge in [0.15, 0.2) is 5.82 Å². The smallest absolute Gasteiger partial charge is 0.408 e. The molecular formula is C21H31N5O3. The molecule has 0 saturated carbocycles. The zero-order valence-corrected chi connectivity index (χ0v) is 18.2. The Morgan fingerprint density at radius 3 is 2.24 bits per heavy atom. The molecule has 2 amide bonds. The third-order valence-corrected chi connectivity index (χ3v) is 4.48. The van der Waals surface area contributed by atoms with Gasteiger partial charge in [0.1, 0.15) is 17.0 Å². The lowest BCUT2D eigenvalue weighted by Gasteiger charge is -2.31. The first kappa shape index (κ1) is 22.4. The maximum absolute atomic E-state index is 13.2. The molecule has 1 atom stereocenters. The number of nitrogens with zero attached hydrogens (tertiary/aromatic N) is 3. The third kappa shape index (κ3) is 5.56. The van der Waals surface area contributed by atoms with Gasteiger partial charge in [-0.1, -0.05) is 44.2 Å². The average molecular weight is 402 g/mol. The van der Waals surface area contributed by atoms with Gasteiger partial charge in [-0.3, -0.25) is 4.79 Å². The highest BCUT2D eigenvalue weighted by atomic mass is 16.6. The summed E-state index contributed by atoms with van der Waals surface area (Å²) in [4.78, 5) is 25.6. The highest BCUT2D eigenvalue weighted by molar-refractivity contribution is 5.90. The van der Waals surface area contributed by atoms with Gasteiger partial charge in [-0.15, -0.1) is 10.2 Å². The van der Waals surface area contributed by atoms with Gasteiger partial charge in [0.25, 0.3) is 5.91 Å². The molecule has 0 saturated heterocycles. The average Bonchev–Trinajstić information content (AvgIpc) is 2.99. The summed E-state index contributed by atoms with van der Waals surface area (Å²) in [6.07, 6.45) is -0.667. The molecule has 158 valence electrons. The molecule has 2 aromatic rings. The highest BCUT2D eigenvalue weighted by Gasteiger charge is 2.38. The van der Waals surface area contributed by atoms with Crippen LogP contribution in [0.4, 0.5) is 4.79 Å². The molecule has 1 aromatic carbocycles. The number of rotatable bonds is 6. The number of alkyl carbamates (subject to hydrolysis) is 1. The van der Waals surface area contributed by atoms with E-state index in [0.29, 0.717) is 11.4 Å². The van der Waals surface area contributed by atoms with Gasteiger partial charge in [0.2, 0.25) is 0 Å². The van der Waals surface area contributed by atoms with Crippen molar-refractivity contribution in [3.05, 3.63) is 47.5 Å². The van der Waals surface area contributed by atoms with Crippen LogP contribution < -0.4 is 10.6 Å². The third-order valence-electron chi connectivity index (χ3n) is 4.48. The Labute approximate surface area is 172 Å². The molecule has 2 N–H and O–H groups in total. The standard InChI is InChI=1S/C21H31N5O3/c1-14(2)17-25-24-16(26(17)7)13-22-18(27)21(6,15-11-9-8-10-12-15)23-19(28)29-20(3,4)5/h8-12,14H,13H2,1-7H3,(H,22,27)(H,23,28). The molecule has 0 fully saturated rings. The molecule has 1 heterocycles. The lowest BCUT2D eigenvalue weighted by atomic mass is 9.91. The largest absolute Gasteiger partial charge is 0.444 e. The lowest BCUT2D eigenvalue weighted by molar-refractivity contribution is -0.127. The molecule has 0 spiro atoms. The van der Waals surface area contributed by atoms with Crippen LogP contribution in [0.1, 0.15) is 64.7 Å². The maximum atomic E-state index is 13.2. The van der Waals surface area contributed by atoms with E-state index in [0.717, 1.165) is 5.82 Å². The van der Waals surface area contributed by atoms with E-state index in [1.165, 1.54) is 0 Å². The number of carbonyl (C=O) groups is 2. The molecule has 0 bridgehead atoms. The van der Waals surface area contributed by atoms with Gasteiger partial charge in [-0.25, -0.2) is 4.79 Å². The van der Waals surface area contributed by atoms with E-state index >= 15 is 0 Å². The van der Waals surface area contributed by atoms with Crippen molar-refractivity contribution in [2.24, 2.45) is 7.05 Å². The zero-order chi connectivity index (χ0) is 21.8. The normalized spacial score (nSPS) is 13.7. The van der Waals surface area contributed by atoms with Crippen LogP contribution in [0, 0.1) is 0 Å². The molecule has 0 aliphatic heterocycles. The van der Waals surface area contributed by atoms with E-state index in [1.54, 1.807) is 39.8 Å². The Bertz CT molecular complexity index is 855. The lowest BCUT2D eigenvalue weighted by Crippen LogP contribution is -2.55. The Kier molecular flexibility index (Phi) is 6.66. The second kappa shape index (κ2) is 8.63. The van der Waals surface area contributed by atoms with Gasteiger partial charge in [-0.2, -0.15) is 0 Å². The molecule has 8 nitrogen and oxygen atoms in total. The molecular weight excluding hydrogens is 370 g/mol. The first-order valence-electron chi connectivity index (χ1n) is 9.67. The summed E-state index contributed by atoms with van der Waals surface area (Å²) in [5.41, 5.74) is -1.35. The first-order chi connectivity index (χ1) is 13.4. The number of ether oxygens (including phenoxy) is 1. The van der Waals surface area contributed by atoms with E-state index in [4.69, 9.17) is 4.74 Å². The minimum absolute atomic E-state index is 0.188. The van der Waals surface area contributed by atoms with Gasteiger partial charge in [0.05, 0.1) is 6.54 Å². The van der Waals surface area contributed by atoms with E-state index in [1.807, 2.05) is 43.7 Å². The van der Waals surface area contributed by atoms with Crippen molar-refractivity contribution < 1.29 is 14.3 Å². The Morgan fingerprint density at radius 1 is 1.10 bits per heavy atom. The number of nitrogens with one attached hydrogen (secondary N) is 2. The molecule has 1 aromatic heterocycles. The molecule has 2 rings (SSSR count). The second-order valence-corrected chi connectivity index (χ2v) is 8.49. The van der Waals surface area contributed by atoms with Crippen LogP contribution in [0.5, 0.6) is 0 Å². The minimum Gasteiger partial charge on any atom is -0.444 e. The van der Waals surface area contributed by atoms with Crippen LogP contribution in [0.2, 0.25) is 0 Å². The van der Waals surface area contributed by atoms with Gasteiger partial charge in [0, 0.05) is 13.0 Å². The summed E-state index contributed by atoms with van der Waals surface area (Å²) in [6, 6.07) is 9.05. The number of amides is 2. The van der Waals surface area contributed by atoms with Crippen molar-refractivity contribution in [3.63, 3.8) is 0 Å². The minimum atomic E-state index is -1.32. The molecule has 0 aliphatic rings. The van der Waals surface area contributed by atoms with E-state index in [2.05, 4.69) is 20.8 Å². The fraction of sp³-hybridized carbons (Fsp3) is 0.524. The van der Waals surface area contributed by atoms with Crippen molar-refractivity contribution in [2.45, 2.75) is 65.1 Å². The number of carbonyl (C=O) groups excluding carboxylic acids is 2.